The van der Waals surface area contributed by atoms with E-state index in [1.54, 1.807) is 30.5 Å². The van der Waals surface area contributed by atoms with Crippen molar-refractivity contribution in [1.82, 2.24) is 10.3 Å². The minimum absolute atomic E-state index is 0.0201. The number of nitro benzene ring substituents is 1. The molecule has 0 bridgehead atoms. The van der Waals surface area contributed by atoms with E-state index >= 15 is 0 Å². The normalized spacial score (nSPS) is 10.5. The van der Waals surface area contributed by atoms with E-state index in [-0.39, 0.29) is 11.6 Å². The molecular formula is C15H13N3O3. The van der Waals surface area contributed by atoms with Crippen molar-refractivity contribution in [3.8, 4) is 0 Å². The molecule has 1 amide bonds. The molecule has 2 rings (SSSR count). The molecule has 21 heavy (non-hydrogen) atoms. The van der Waals surface area contributed by atoms with Crippen molar-refractivity contribution in [2.24, 2.45) is 0 Å². The number of carbonyl (C=O) groups is 1. The molecule has 6 nitrogen and oxygen atoms in total. The van der Waals surface area contributed by atoms with E-state index in [1.165, 1.54) is 18.2 Å². The quantitative estimate of drug-likeness (QED) is 0.518. The predicted octanol–water partition coefficient (Wildman–Crippen LogP) is 2.32. The van der Waals surface area contributed by atoms with Crippen LogP contribution in [0.3, 0.4) is 0 Å². The number of amides is 1. The number of nitrogens with one attached hydrogen (secondary N) is 1. The van der Waals surface area contributed by atoms with Gasteiger partial charge in [-0.05, 0) is 35.9 Å². The van der Waals surface area contributed by atoms with Crippen molar-refractivity contribution < 1.29 is 9.72 Å². The number of non-ortho nitro benzene ring substituents is 1. The van der Waals surface area contributed by atoms with Crippen molar-refractivity contribution >= 4 is 17.7 Å². The van der Waals surface area contributed by atoms with E-state index in [2.05, 4.69) is 10.3 Å². The molecule has 0 unspecified atom stereocenters. The molecule has 0 radical (unpaired) electrons. The van der Waals surface area contributed by atoms with Gasteiger partial charge in [-0.3, -0.25) is 19.9 Å². The molecule has 2 aromatic rings. The monoisotopic (exact) mass is 283 g/mol. The fourth-order valence-corrected chi connectivity index (χ4v) is 1.62. The fraction of sp³-hybridized carbons (Fsp3) is 0.0667. The van der Waals surface area contributed by atoms with Gasteiger partial charge in [-0.25, -0.2) is 0 Å². The van der Waals surface area contributed by atoms with E-state index < -0.39 is 4.92 Å². The van der Waals surface area contributed by atoms with Crippen LogP contribution in [0.1, 0.15) is 11.3 Å². The van der Waals surface area contributed by atoms with Gasteiger partial charge in [0.15, 0.2) is 0 Å². The number of benzene rings is 1. The van der Waals surface area contributed by atoms with Gasteiger partial charge in [-0.2, -0.15) is 0 Å². The van der Waals surface area contributed by atoms with E-state index in [1.807, 2.05) is 12.1 Å². The van der Waals surface area contributed by atoms with E-state index in [4.69, 9.17) is 0 Å². The Morgan fingerprint density at radius 2 is 2.00 bits per heavy atom. The van der Waals surface area contributed by atoms with Crippen LogP contribution in [0.25, 0.3) is 6.08 Å². The van der Waals surface area contributed by atoms with Crippen LogP contribution in [-0.4, -0.2) is 15.8 Å². The smallest absolute Gasteiger partial charge is 0.269 e. The first-order valence-corrected chi connectivity index (χ1v) is 6.25. The zero-order valence-electron chi connectivity index (χ0n) is 11.1. The Hall–Kier alpha value is -3.02. The Bertz CT molecular complexity index is 652. The summed E-state index contributed by atoms with van der Waals surface area (Å²) in [7, 11) is 0. The zero-order valence-corrected chi connectivity index (χ0v) is 11.1. The number of nitrogens with zero attached hydrogens (tertiary/aromatic N) is 2. The third-order valence-corrected chi connectivity index (χ3v) is 2.70. The molecule has 0 aliphatic heterocycles. The summed E-state index contributed by atoms with van der Waals surface area (Å²) in [4.78, 5) is 25.8. The molecule has 0 spiro atoms. The average molecular weight is 283 g/mol. The van der Waals surface area contributed by atoms with Gasteiger partial charge in [0, 0.05) is 24.4 Å². The minimum atomic E-state index is -0.465. The van der Waals surface area contributed by atoms with Gasteiger partial charge in [0.05, 0.1) is 17.2 Å². The van der Waals surface area contributed by atoms with Crippen molar-refractivity contribution in [2.45, 2.75) is 6.54 Å². The first kappa shape index (κ1) is 14.4. The highest BCUT2D eigenvalue weighted by molar-refractivity contribution is 5.91. The van der Waals surface area contributed by atoms with Crippen LogP contribution in [0.15, 0.2) is 54.7 Å². The van der Waals surface area contributed by atoms with Crippen LogP contribution in [0.5, 0.6) is 0 Å². The van der Waals surface area contributed by atoms with E-state index in [0.29, 0.717) is 12.1 Å². The number of hydrogen-bond donors (Lipinski definition) is 1. The molecule has 0 saturated carbocycles. The van der Waals surface area contributed by atoms with Gasteiger partial charge in [0.25, 0.3) is 5.69 Å². The molecule has 0 aliphatic carbocycles. The second-order valence-electron chi connectivity index (χ2n) is 4.22. The molecule has 1 aromatic heterocycles. The molecule has 1 aromatic carbocycles. The average Bonchev–Trinajstić information content (AvgIpc) is 2.52. The van der Waals surface area contributed by atoms with Crippen molar-refractivity contribution in [3.63, 3.8) is 0 Å². The number of carbonyl (C=O) groups excluding carboxylic acids is 1. The SMILES string of the molecule is O=C(/C=C\c1ccc([N+](=O)[O-])cc1)NCc1ccccn1. The summed E-state index contributed by atoms with van der Waals surface area (Å²) in [6.07, 6.45) is 4.63. The molecule has 0 saturated heterocycles. The van der Waals surface area contributed by atoms with Gasteiger partial charge in [-0.1, -0.05) is 6.07 Å². The summed E-state index contributed by atoms with van der Waals surface area (Å²) in [5.41, 5.74) is 1.51. The van der Waals surface area contributed by atoms with Crippen LogP contribution in [-0.2, 0) is 11.3 Å². The standard InChI is InChI=1S/C15H13N3O3/c19-15(17-11-13-3-1-2-10-16-13)9-6-12-4-7-14(8-5-12)18(20)21/h1-10H,11H2,(H,17,19)/b9-6-. The number of hydrogen-bond acceptors (Lipinski definition) is 4. The van der Waals surface area contributed by atoms with E-state index in [0.717, 1.165) is 5.69 Å². The molecule has 106 valence electrons. The number of rotatable bonds is 5. The van der Waals surface area contributed by atoms with Crippen LogP contribution in [0.2, 0.25) is 0 Å². The maximum absolute atomic E-state index is 11.6. The summed E-state index contributed by atoms with van der Waals surface area (Å²) in [5.74, 6) is -0.251. The summed E-state index contributed by atoms with van der Waals surface area (Å²) < 4.78 is 0. The second kappa shape index (κ2) is 6.95. The second-order valence-corrected chi connectivity index (χ2v) is 4.22. The van der Waals surface area contributed by atoms with Crippen LogP contribution in [0, 0.1) is 10.1 Å². The van der Waals surface area contributed by atoms with E-state index in [9.17, 15) is 14.9 Å². The Kier molecular flexibility index (Phi) is 4.76. The molecule has 0 fully saturated rings. The van der Waals surface area contributed by atoms with Crippen LogP contribution < -0.4 is 5.32 Å². The third kappa shape index (κ3) is 4.54. The number of pyridine rings is 1. The highest BCUT2D eigenvalue weighted by Gasteiger charge is 2.02. The Morgan fingerprint density at radius 3 is 2.62 bits per heavy atom. The lowest BCUT2D eigenvalue weighted by atomic mass is 10.2. The Balaban J connectivity index is 1.88. The lowest BCUT2D eigenvalue weighted by molar-refractivity contribution is -0.384. The highest BCUT2D eigenvalue weighted by Crippen LogP contribution is 2.12. The molecule has 6 heteroatoms. The topological polar surface area (TPSA) is 85.1 Å². The fourth-order valence-electron chi connectivity index (χ4n) is 1.62. The minimum Gasteiger partial charge on any atom is -0.347 e. The summed E-state index contributed by atoms with van der Waals surface area (Å²) in [6, 6.07) is 11.4. The Labute approximate surface area is 121 Å². The molecule has 0 atom stereocenters. The van der Waals surface area contributed by atoms with Gasteiger partial charge in [-0.15, -0.1) is 0 Å². The van der Waals surface area contributed by atoms with Gasteiger partial charge in [0.1, 0.15) is 0 Å². The first-order valence-electron chi connectivity index (χ1n) is 6.25. The van der Waals surface area contributed by atoms with Crippen molar-refractivity contribution in [3.05, 3.63) is 76.1 Å². The summed E-state index contributed by atoms with van der Waals surface area (Å²) in [5, 5.41) is 13.2. The van der Waals surface area contributed by atoms with Gasteiger partial charge in [0.2, 0.25) is 5.91 Å². The molecule has 0 aliphatic rings. The maximum Gasteiger partial charge on any atom is 0.269 e. The maximum atomic E-state index is 11.6. The van der Waals surface area contributed by atoms with Crippen molar-refractivity contribution in [2.75, 3.05) is 0 Å². The van der Waals surface area contributed by atoms with Gasteiger partial charge < -0.3 is 5.32 Å². The van der Waals surface area contributed by atoms with Crippen LogP contribution in [0.4, 0.5) is 5.69 Å². The lowest BCUT2D eigenvalue weighted by Gasteiger charge is -2.00. The molecule has 1 N–H and O–H groups in total. The number of nitro groups is 1. The summed E-state index contributed by atoms with van der Waals surface area (Å²) in [6.45, 7) is 0.351. The lowest BCUT2D eigenvalue weighted by Crippen LogP contribution is -2.20. The highest BCUT2D eigenvalue weighted by atomic mass is 16.6. The largest absolute Gasteiger partial charge is 0.347 e. The van der Waals surface area contributed by atoms with Crippen LogP contribution >= 0.6 is 0 Å². The zero-order chi connectivity index (χ0) is 15.1. The molecule has 1 heterocycles. The Morgan fingerprint density at radius 1 is 1.24 bits per heavy atom. The van der Waals surface area contributed by atoms with Gasteiger partial charge >= 0.3 is 0 Å². The first-order chi connectivity index (χ1) is 10.1. The summed E-state index contributed by atoms with van der Waals surface area (Å²) >= 11 is 0. The number of aromatic nitrogens is 1. The molecular weight excluding hydrogens is 270 g/mol. The third-order valence-electron chi connectivity index (χ3n) is 2.70. The predicted molar refractivity (Wildman–Crippen MR) is 78.2 cm³/mol. The van der Waals surface area contributed by atoms with Crippen molar-refractivity contribution in [1.29, 1.82) is 0 Å².